The molecule has 3 saturated heterocycles. The zero-order valence-corrected chi connectivity index (χ0v) is 17.8. The van der Waals surface area contributed by atoms with Crippen LogP contribution >= 0.6 is 0 Å². The Balaban J connectivity index is 1.43. The summed E-state index contributed by atoms with van der Waals surface area (Å²) in [6, 6.07) is 2.42. The van der Waals surface area contributed by atoms with Crippen LogP contribution in [-0.4, -0.2) is 63.2 Å². The maximum absolute atomic E-state index is 13.2. The van der Waals surface area contributed by atoms with Crippen LogP contribution in [0.3, 0.4) is 0 Å². The molecule has 0 saturated carbocycles. The number of aromatic nitrogens is 3. The van der Waals surface area contributed by atoms with Crippen LogP contribution in [0.25, 0.3) is 5.65 Å². The van der Waals surface area contributed by atoms with Crippen molar-refractivity contribution in [3.63, 3.8) is 0 Å². The topological polar surface area (TPSA) is 104 Å². The third kappa shape index (κ3) is 3.55. The molecule has 4 atom stereocenters. The molecular formula is C21H32N8O. The lowest BCUT2D eigenvalue weighted by Crippen LogP contribution is -2.48. The molecule has 162 valence electrons. The maximum atomic E-state index is 13.2. The summed E-state index contributed by atoms with van der Waals surface area (Å²) in [7, 11) is 0. The predicted molar refractivity (Wildman–Crippen MR) is 115 cm³/mol. The minimum Gasteiger partial charge on any atom is -0.355 e. The first-order valence-corrected chi connectivity index (χ1v) is 11.2. The number of aryl methyl sites for hydroxylation is 1. The number of likely N-dealkylation sites (tertiary alicyclic amines) is 1. The number of anilines is 1. The Morgan fingerprint density at radius 1 is 1.23 bits per heavy atom. The highest BCUT2D eigenvalue weighted by Gasteiger charge is 2.36. The Kier molecular flexibility index (Phi) is 5.12. The van der Waals surface area contributed by atoms with E-state index in [0.29, 0.717) is 6.04 Å². The maximum Gasteiger partial charge on any atom is 0.241 e. The molecular weight excluding hydrogens is 380 g/mol. The van der Waals surface area contributed by atoms with E-state index in [4.69, 9.17) is 15.8 Å². The van der Waals surface area contributed by atoms with Crippen molar-refractivity contribution in [3.8, 4) is 0 Å². The second-order valence-corrected chi connectivity index (χ2v) is 9.14. The average molecular weight is 413 g/mol. The molecule has 0 bridgehead atoms. The fraction of sp³-hybridized carbons (Fsp3) is 0.667. The SMILES string of the molecule is Cc1cn2nc(C3CCCCN3C(=O)C3CC(C)NN3)cc2nc1N1CCC(N)C1. The number of amides is 1. The van der Waals surface area contributed by atoms with Gasteiger partial charge in [-0.1, -0.05) is 0 Å². The number of carbonyl (C=O) groups is 1. The fourth-order valence-corrected chi connectivity index (χ4v) is 5.06. The lowest BCUT2D eigenvalue weighted by molar-refractivity contribution is -0.137. The van der Waals surface area contributed by atoms with Crippen molar-refractivity contribution in [1.82, 2.24) is 30.3 Å². The van der Waals surface area contributed by atoms with E-state index in [1.54, 1.807) is 0 Å². The normalized spacial score (nSPS) is 29.8. The summed E-state index contributed by atoms with van der Waals surface area (Å²) < 4.78 is 1.86. The Morgan fingerprint density at radius 3 is 2.83 bits per heavy atom. The van der Waals surface area contributed by atoms with Gasteiger partial charge >= 0.3 is 0 Å². The van der Waals surface area contributed by atoms with E-state index in [9.17, 15) is 4.79 Å². The van der Waals surface area contributed by atoms with Crippen molar-refractivity contribution < 1.29 is 4.79 Å². The van der Waals surface area contributed by atoms with E-state index < -0.39 is 0 Å². The molecule has 1 amide bonds. The molecule has 3 fully saturated rings. The summed E-state index contributed by atoms with van der Waals surface area (Å²) in [5, 5.41) is 4.84. The molecule has 4 unspecified atom stereocenters. The van der Waals surface area contributed by atoms with Crippen molar-refractivity contribution in [2.45, 2.75) is 70.1 Å². The van der Waals surface area contributed by atoms with Gasteiger partial charge in [-0.2, -0.15) is 5.10 Å². The third-order valence-electron chi connectivity index (χ3n) is 6.67. The Hall–Kier alpha value is -2.23. The van der Waals surface area contributed by atoms with Crippen LogP contribution < -0.4 is 21.5 Å². The largest absolute Gasteiger partial charge is 0.355 e. The zero-order chi connectivity index (χ0) is 20.8. The van der Waals surface area contributed by atoms with Gasteiger partial charge in [-0.05, 0) is 46.0 Å². The first-order valence-electron chi connectivity index (χ1n) is 11.2. The zero-order valence-electron chi connectivity index (χ0n) is 17.8. The summed E-state index contributed by atoms with van der Waals surface area (Å²) >= 11 is 0. The number of hydrogen-bond donors (Lipinski definition) is 3. The summed E-state index contributed by atoms with van der Waals surface area (Å²) in [6.07, 6.45) is 6.96. The number of carbonyl (C=O) groups excluding carboxylic acids is 1. The molecule has 0 aliphatic carbocycles. The van der Waals surface area contributed by atoms with E-state index in [-0.39, 0.29) is 24.0 Å². The predicted octanol–water partition coefficient (Wildman–Crippen LogP) is 0.884. The molecule has 2 aromatic rings. The molecule has 4 N–H and O–H groups in total. The highest BCUT2D eigenvalue weighted by molar-refractivity contribution is 5.82. The monoisotopic (exact) mass is 412 g/mol. The molecule has 9 nitrogen and oxygen atoms in total. The molecule has 5 heterocycles. The number of hydrogen-bond acceptors (Lipinski definition) is 7. The molecule has 0 aromatic carbocycles. The molecule has 0 spiro atoms. The van der Waals surface area contributed by atoms with Crippen molar-refractivity contribution in [1.29, 1.82) is 0 Å². The molecule has 0 radical (unpaired) electrons. The summed E-state index contributed by atoms with van der Waals surface area (Å²) in [6.45, 7) is 6.74. The summed E-state index contributed by atoms with van der Waals surface area (Å²) in [5.41, 5.74) is 15.3. The van der Waals surface area contributed by atoms with Gasteiger partial charge in [-0.25, -0.2) is 14.9 Å². The average Bonchev–Trinajstić information content (AvgIpc) is 3.46. The standard InChI is InChI=1S/C21H32N8O/c1-13-11-29-19(23-20(13)27-8-6-15(22)12-27)10-16(26-29)18-5-3-4-7-28(18)21(30)17-9-14(2)24-25-17/h10-11,14-15,17-18,24-25H,3-9,12,22H2,1-2H3. The second kappa shape index (κ2) is 7.79. The highest BCUT2D eigenvalue weighted by Crippen LogP contribution is 2.32. The third-order valence-corrected chi connectivity index (χ3v) is 6.67. The first kappa shape index (κ1) is 19.7. The lowest BCUT2D eigenvalue weighted by Gasteiger charge is -2.36. The van der Waals surface area contributed by atoms with Gasteiger partial charge in [-0.3, -0.25) is 10.2 Å². The van der Waals surface area contributed by atoms with E-state index in [0.717, 1.165) is 74.5 Å². The van der Waals surface area contributed by atoms with Gasteiger partial charge in [0.2, 0.25) is 5.91 Å². The van der Waals surface area contributed by atoms with Crippen LogP contribution in [0.5, 0.6) is 0 Å². The van der Waals surface area contributed by atoms with E-state index in [1.807, 2.05) is 15.6 Å². The minimum atomic E-state index is -0.163. The molecule has 9 heteroatoms. The van der Waals surface area contributed by atoms with Gasteiger partial charge in [0.15, 0.2) is 5.65 Å². The summed E-state index contributed by atoms with van der Waals surface area (Å²) in [5.74, 6) is 1.16. The van der Waals surface area contributed by atoms with Crippen LogP contribution in [-0.2, 0) is 4.79 Å². The smallest absolute Gasteiger partial charge is 0.241 e. The van der Waals surface area contributed by atoms with E-state index >= 15 is 0 Å². The Morgan fingerprint density at radius 2 is 2.10 bits per heavy atom. The number of fused-ring (bicyclic) bond motifs is 1. The molecule has 3 aliphatic heterocycles. The Bertz CT molecular complexity index is 942. The van der Waals surface area contributed by atoms with Crippen LogP contribution in [0.1, 0.15) is 56.3 Å². The van der Waals surface area contributed by atoms with Gasteiger partial charge in [-0.15, -0.1) is 0 Å². The van der Waals surface area contributed by atoms with Gasteiger partial charge < -0.3 is 15.5 Å². The Labute approximate surface area is 177 Å². The van der Waals surface area contributed by atoms with Gasteiger partial charge in [0.1, 0.15) is 11.9 Å². The number of nitrogens with one attached hydrogen (secondary N) is 2. The molecule has 3 aliphatic rings. The van der Waals surface area contributed by atoms with Crippen molar-refractivity contribution >= 4 is 17.4 Å². The lowest BCUT2D eigenvalue weighted by atomic mass is 9.97. The van der Waals surface area contributed by atoms with Crippen molar-refractivity contribution in [3.05, 3.63) is 23.5 Å². The van der Waals surface area contributed by atoms with E-state index in [2.05, 4.69) is 35.7 Å². The summed E-state index contributed by atoms with van der Waals surface area (Å²) in [4.78, 5) is 22.4. The van der Waals surface area contributed by atoms with Gasteiger partial charge in [0, 0.05) is 49.5 Å². The number of hydrazine groups is 1. The fourth-order valence-electron chi connectivity index (χ4n) is 5.06. The van der Waals surface area contributed by atoms with Crippen LogP contribution in [0, 0.1) is 6.92 Å². The first-order chi connectivity index (χ1) is 14.5. The van der Waals surface area contributed by atoms with Gasteiger partial charge in [0.25, 0.3) is 0 Å². The molecule has 30 heavy (non-hydrogen) atoms. The van der Waals surface area contributed by atoms with Crippen molar-refractivity contribution in [2.75, 3.05) is 24.5 Å². The molecule has 2 aromatic heterocycles. The number of piperidine rings is 1. The van der Waals surface area contributed by atoms with Gasteiger partial charge in [0.05, 0.1) is 11.7 Å². The quantitative estimate of drug-likeness (QED) is 0.688. The number of nitrogens with two attached hydrogens (primary N) is 1. The number of rotatable bonds is 3. The minimum absolute atomic E-state index is 0.00891. The van der Waals surface area contributed by atoms with E-state index in [1.165, 1.54) is 0 Å². The van der Waals surface area contributed by atoms with Crippen LogP contribution in [0.2, 0.25) is 0 Å². The van der Waals surface area contributed by atoms with Crippen molar-refractivity contribution in [2.24, 2.45) is 5.73 Å². The second-order valence-electron chi connectivity index (χ2n) is 9.14. The highest BCUT2D eigenvalue weighted by atomic mass is 16.2. The van der Waals surface area contributed by atoms with Crippen LogP contribution in [0.4, 0.5) is 5.82 Å². The number of nitrogens with zero attached hydrogens (tertiary/aromatic N) is 5. The van der Waals surface area contributed by atoms with Crippen LogP contribution in [0.15, 0.2) is 12.3 Å². The molecule has 5 rings (SSSR count).